The molecular weight excluding hydrogens is 388 g/mol. The van der Waals surface area contributed by atoms with E-state index in [4.69, 9.17) is 9.47 Å². The number of hydrogen-bond donors (Lipinski definition) is 2. The summed E-state index contributed by atoms with van der Waals surface area (Å²) in [4.78, 5) is 29.5. The second kappa shape index (κ2) is 5.39. The SMILES string of the molecule is CC(C)(C)C(=O)N1C[C@@]2(O)O[C@@]34CCC3N(C(=O)C(C)(C)C)C[C@]4(O)O[C@]23CCC13. The predicted octanol–water partition coefficient (Wildman–Crippen LogP) is 0.989. The van der Waals surface area contributed by atoms with Crippen molar-refractivity contribution in [3.05, 3.63) is 0 Å². The maximum Gasteiger partial charge on any atom is 0.228 e. The number of likely N-dealkylation sites (tertiary alicyclic amines) is 2. The molecule has 5 aliphatic rings. The molecule has 0 radical (unpaired) electrons. The molecule has 8 heteroatoms. The molecule has 0 aromatic heterocycles. The zero-order chi connectivity index (χ0) is 22.1. The number of β-amino-alcohol motifs (C(OH)–C–C–N with tert-alkyl or cyclic N) is 2. The molecule has 168 valence electrons. The van der Waals surface area contributed by atoms with Crippen molar-refractivity contribution in [2.45, 2.75) is 102 Å². The molecule has 2 spiro atoms. The number of amides is 2. The molecule has 2 amide bonds. The summed E-state index contributed by atoms with van der Waals surface area (Å²) < 4.78 is 12.8. The molecule has 2 aliphatic carbocycles. The van der Waals surface area contributed by atoms with Crippen molar-refractivity contribution < 1.29 is 29.3 Å². The Labute approximate surface area is 177 Å². The first-order chi connectivity index (χ1) is 13.6. The Balaban J connectivity index is 1.51. The van der Waals surface area contributed by atoms with Gasteiger partial charge in [0.2, 0.25) is 23.4 Å². The van der Waals surface area contributed by atoms with Gasteiger partial charge in [0.25, 0.3) is 0 Å². The lowest BCUT2D eigenvalue weighted by molar-refractivity contribution is -0.489. The number of aliphatic hydroxyl groups is 2. The highest BCUT2D eigenvalue weighted by molar-refractivity contribution is 5.83. The zero-order valence-electron chi connectivity index (χ0n) is 18.8. The number of hydrogen-bond acceptors (Lipinski definition) is 6. The van der Waals surface area contributed by atoms with Crippen LogP contribution in [-0.4, -0.2) is 79.8 Å². The van der Waals surface area contributed by atoms with Crippen molar-refractivity contribution >= 4 is 11.8 Å². The van der Waals surface area contributed by atoms with Gasteiger partial charge in [-0.1, -0.05) is 41.5 Å². The van der Waals surface area contributed by atoms with E-state index in [-0.39, 0.29) is 37.0 Å². The normalized spacial score (nSPS) is 46.9. The molecule has 5 fully saturated rings. The summed E-state index contributed by atoms with van der Waals surface area (Å²) >= 11 is 0. The fourth-order valence-electron chi connectivity index (χ4n) is 6.27. The van der Waals surface area contributed by atoms with Crippen molar-refractivity contribution in [1.82, 2.24) is 9.80 Å². The summed E-state index contributed by atoms with van der Waals surface area (Å²) in [6, 6.07) is -0.692. The maximum absolute atomic E-state index is 13.1. The van der Waals surface area contributed by atoms with Gasteiger partial charge in [0.05, 0.1) is 25.2 Å². The quantitative estimate of drug-likeness (QED) is 0.604. The summed E-state index contributed by atoms with van der Waals surface area (Å²) in [6.07, 6.45) is 2.37. The highest BCUT2D eigenvalue weighted by Gasteiger charge is 2.84. The molecule has 2 unspecified atom stereocenters. The van der Waals surface area contributed by atoms with Crippen molar-refractivity contribution in [2.24, 2.45) is 10.8 Å². The van der Waals surface area contributed by atoms with E-state index < -0.39 is 33.6 Å². The predicted molar refractivity (Wildman–Crippen MR) is 106 cm³/mol. The average molecular weight is 423 g/mol. The molecule has 6 atom stereocenters. The van der Waals surface area contributed by atoms with E-state index in [0.717, 1.165) is 0 Å². The minimum absolute atomic E-state index is 0.0194. The summed E-state index contributed by atoms with van der Waals surface area (Å²) in [6.45, 7) is 11.2. The molecule has 2 N–H and O–H groups in total. The van der Waals surface area contributed by atoms with Gasteiger partial charge in [-0.25, -0.2) is 0 Å². The minimum atomic E-state index is -1.69. The minimum Gasteiger partial charge on any atom is -0.362 e. The van der Waals surface area contributed by atoms with E-state index in [9.17, 15) is 19.8 Å². The van der Waals surface area contributed by atoms with Crippen molar-refractivity contribution in [2.75, 3.05) is 13.1 Å². The van der Waals surface area contributed by atoms with Gasteiger partial charge in [-0.3, -0.25) is 9.59 Å². The highest BCUT2D eigenvalue weighted by atomic mass is 16.8. The molecule has 3 heterocycles. The Morgan fingerprint density at radius 3 is 1.33 bits per heavy atom. The van der Waals surface area contributed by atoms with Crippen LogP contribution in [0.4, 0.5) is 0 Å². The second-order valence-corrected chi connectivity index (χ2v) is 12.0. The standard InChI is InChI=1S/C22H34N2O6/c1-17(2,3)15(25)23-11-21(27)19(9-7-13(19)23)29-22(28)12-24(16(26)18(4,5)6)14-8-10-20(14,22)30-21/h13-14,27-28H,7-12H2,1-6H3/t13?,14?,19-,20-,21-,22+/m0/s1. The third kappa shape index (κ3) is 2.16. The zero-order valence-corrected chi connectivity index (χ0v) is 18.8. The number of rotatable bonds is 0. The van der Waals surface area contributed by atoms with Crippen LogP contribution < -0.4 is 0 Å². The molecule has 8 nitrogen and oxygen atoms in total. The van der Waals surface area contributed by atoms with Crippen molar-refractivity contribution in [3.63, 3.8) is 0 Å². The third-order valence-electron chi connectivity index (χ3n) is 8.01. The van der Waals surface area contributed by atoms with Crippen LogP contribution in [0.5, 0.6) is 0 Å². The molecule has 0 bridgehead atoms. The molecule has 3 saturated heterocycles. The lowest BCUT2D eigenvalue weighted by Crippen LogP contribution is -2.81. The highest BCUT2D eigenvalue weighted by Crippen LogP contribution is 2.66. The topological polar surface area (TPSA) is 99.5 Å². The summed E-state index contributed by atoms with van der Waals surface area (Å²) in [5, 5.41) is 23.4. The first-order valence-corrected chi connectivity index (χ1v) is 11.1. The number of ether oxygens (including phenoxy) is 2. The Kier molecular flexibility index (Phi) is 3.72. The summed E-state index contributed by atoms with van der Waals surface area (Å²) in [5.41, 5.74) is -3.51. The van der Waals surface area contributed by atoms with E-state index in [1.807, 2.05) is 41.5 Å². The Hall–Kier alpha value is -1.22. The first-order valence-electron chi connectivity index (χ1n) is 11.1. The van der Waals surface area contributed by atoms with Crippen LogP contribution in [0.15, 0.2) is 0 Å². The number of nitrogens with zero attached hydrogens (tertiary/aromatic N) is 2. The van der Waals surface area contributed by atoms with Gasteiger partial charge in [-0.2, -0.15) is 0 Å². The monoisotopic (exact) mass is 422 g/mol. The Bertz CT molecular complexity index is 764. The number of carbonyl (C=O) groups excluding carboxylic acids is 2. The van der Waals surface area contributed by atoms with Crippen LogP contribution in [0.25, 0.3) is 0 Å². The van der Waals surface area contributed by atoms with Gasteiger partial charge in [-0.15, -0.1) is 0 Å². The Morgan fingerprint density at radius 2 is 1.10 bits per heavy atom. The fraction of sp³-hybridized carbons (Fsp3) is 0.909. The molecule has 5 rings (SSSR count). The molecule has 0 aromatic rings. The van der Waals surface area contributed by atoms with Gasteiger partial charge in [0, 0.05) is 10.8 Å². The van der Waals surface area contributed by atoms with Gasteiger partial charge < -0.3 is 29.5 Å². The Morgan fingerprint density at radius 1 is 0.767 bits per heavy atom. The molecule has 3 aliphatic heterocycles. The number of carbonyl (C=O) groups is 2. The van der Waals surface area contributed by atoms with Gasteiger partial charge in [-0.05, 0) is 25.7 Å². The van der Waals surface area contributed by atoms with E-state index in [2.05, 4.69) is 0 Å². The van der Waals surface area contributed by atoms with Crippen LogP contribution in [0.3, 0.4) is 0 Å². The lowest BCUT2D eigenvalue weighted by atomic mass is 9.65. The fourth-order valence-corrected chi connectivity index (χ4v) is 6.27. The van der Waals surface area contributed by atoms with Crippen LogP contribution >= 0.6 is 0 Å². The van der Waals surface area contributed by atoms with Gasteiger partial charge in [0.1, 0.15) is 11.2 Å². The van der Waals surface area contributed by atoms with E-state index in [1.165, 1.54) is 0 Å². The third-order valence-corrected chi connectivity index (χ3v) is 8.01. The second-order valence-electron chi connectivity index (χ2n) is 12.0. The van der Waals surface area contributed by atoms with Gasteiger partial charge >= 0.3 is 0 Å². The van der Waals surface area contributed by atoms with E-state index in [0.29, 0.717) is 25.7 Å². The maximum atomic E-state index is 13.1. The van der Waals surface area contributed by atoms with Crippen LogP contribution in [0.1, 0.15) is 67.2 Å². The smallest absolute Gasteiger partial charge is 0.228 e. The van der Waals surface area contributed by atoms with E-state index >= 15 is 0 Å². The summed E-state index contributed by atoms with van der Waals surface area (Å²) in [5.74, 6) is -3.51. The van der Waals surface area contributed by atoms with E-state index in [1.54, 1.807) is 9.80 Å². The molecule has 0 aromatic carbocycles. The van der Waals surface area contributed by atoms with Crippen molar-refractivity contribution in [3.8, 4) is 0 Å². The molecule has 2 saturated carbocycles. The summed E-state index contributed by atoms with van der Waals surface area (Å²) in [7, 11) is 0. The van der Waals surface area contributed by atoms with Gasteiger partial charge in [0.15, 0.2) is 0 Å². The first kappa shape index (κ1) is 20.7. The molecular formula is C22H34N2O6. The lowest BCUT2D eigenvalue weighted by Gasteiger charge is -2.64. The molecule has 30 heavy (non-hydrogen) atoms. The van der Waals surface area contributed by atoms with Crippen molar-refractivity contribution in [1.29, 1.82) is 0 Å². The van der Waals surface area contributed by atoms with Crippen LogP contribution in [0.2, 0.25) is 0 Å². The van der Waals surface area contributed by atoms with Crippen LogP contribution in [0, 0.1) is 10.8 Å². The van der Waals surface area contributed by atoms with Crippen LogP contribution in [-0.2, 0) is 19.1 Å². The average Bonchev–Trinajstić information content (AvgIpc) is 2.83. The largest absolute Gasteiger partial charge is 0.362 e.